The summed E-state index contributed by atoms with van der Waals surface area (Å²) < 4.78 is 16.2. The molecular formula is C20H25BrO5. The molecule has 0 spiro atoms. The van der Waals surface area contributed by atoms with Crippen LogP contribution in [-0.4, -0.2) is 37.4 Å². The van der Waals surface area contributed by atoms with Gasteiger partial charge in [-0.3, -0.25) is 4.79 Å². The molecule has 142 valence electrons. The molecule has 6 heteroatoms. The highest BCUT2D eigenvalue weighted by Crippen LogP contribution is 2.31. The molecule has 0 unspecified atom stereocenters. The van der Waals surface area contributed by atoms with Crippen molar-refractivity contribution in [3.63, 3.8) is 0 Å². The Morgan fingerprint density at radius 2 is 2.00 bits per heavy atom. The fraction of sp³-hybridized carbons (Fsp3) is 0.400. The largest absolute Gasteiger partial charge is 0.497 e. The SMILES string of the molecule is C=CC(=O)CCC[C@H](C)OC(=O)c1c(/C=C/CBr)cc(OC)cc1OC. The van der Waals surface area contributed by atoms with Gasteiger partial charge in [0, 0.05) is 17.8 Å². The van der Waals surface area contributed by atoms with Gasteiger partial charge in [0.15, 0.2) is 5.78 Å². The summed E-state index contributed by atoms with van der Waals surface area (Å²) in [6.07, 6.45) is 6.29. The summed E-state index contributed by atoms with van der Waals surface area (Å²) in [5.74, 6) is 0.491. The summed E-state index contributed by atoms with van der Waals surface area (Å²) in [6.45, 7) is 5.25. The molecule has 0 amide bonds. The molecule has 1 atom stereocenters. The van der Waals surface area contributed by atoms with Crippen molar-refractivity contribution in [3.8, 4) is 11.5 Å². The summed E-state index contributed by atoms with van der Waals surface area (Å²) >= 11 is 3.33. The number of halogens is 1. The first-order valence-corrected chi connectivity index (χ1v) is 9.43. The van der Waals surface area contributed by atoms with Crippen LogP contribution in [0.1, 0.15) is 42.1 Å². The summed E-state index contributed by atoms with van der Waals surface area (Å²) in [4.78, 5) is 24.0. The first-order valence-electron chi connectivity index (χ1n) is 8.31. The van der Waals surface area contributed by atoms with Crippen molar-refractivity contribution < 1.29 is 23.8 Å². The molecule has 5 nitrogen and oxygen atoms in total. The van der Waals surface area contributed by atoms with E-state index in [0.717, 1.165) is 0 Å². The zero-order valence-corrected chi connectivity index (χ0v) is 17.0. The van der Waals surface area contributed by atoms with Crippen LogP contribution < -0.4 is 9.47 Å². The van der Waals surface area contributed by atoms with Gasteiger partial charge in [0.1, 0.15) is 17.1 Å². The van der Waals surface area contributed by atoms with Crippen molar-refractivity contribution in [1.82, 2.24) is 0 Å². The molecule has 26 heavy (non-hydrogen) atoms. The predicted molar refractivity (Wildman–Crippen MR) is 106 cm³/mol. The maximum Gasteiger partial charge on any atom is 0.342 e. The van der Waals surface area contributed by atoms with Crippen LogP contribution >= 0.6 is 15.9 Å². The zero-order valence-electron chi connectivity index (χ0n) is 15.4. The Kier molecular flexibility index (Phi) is 9.73. The second-order valence-corrected chi connectivity index (χ2v) is 6.28. The molecular weight excluding hydrogens is 400 g/mol. The van der Waals surface area contributed by atoms with Crippen LogP contribution in [0, 0.1) is 0 Å². The quantitative estimate of drug-likeness (QED) is 0.295. The van der Waals surface area contributed by atoms with Crippen molar-refractivity contribution in [2.75, 3.05) is 19.5 Å². The normalized spacial score (nSPS) is 11.8. The van der Waals surface area contributed by atoms with E-state index in [1.807, 2.05) is 12.2 Å². The fourth-order valence-corrected chi connectivity index (χ4v) is 2.56. The summed E-state index contributed by atoms with van der Waals surface area (Å²) in [7, 11) is 3.05. The lowest BCUT2D eigenvalue weighted by atomic mass is 10.0. The Balaban J connectivity index is 2.96. The Morgan fingerprint density at radius 1 is 1.27 bits per heavy atom. The minimum atomic E-state index is -0.471. The number of ether oxygens (including phenoxy) is 3. The van der Waals surface area contributed by atoms with Gasteiger partial charge >= 0.3 is 5.97 Å². The van der Waals surface area contributed by atoms with Crippen LogP contribution in [0.15, 0.2) is 30.9 Å². The van der Waals surface area contributed by atoms with E-state index in [-0.39, 0.29) is 11.9 Å². The van der Waals surface area contributed by atoms with Gasteiger partial charge in [-0.1, -0.05) is 34.7 Å². The highest BCUT2D eigenvalue weighted by atomic mass is 79.9. The number of hydrogen-bond acceptors (Lipinski definition) is 5. The van der Waals surface area contributed by atoms with Crippen molar-refractivity contribution in [1.29, 1.82) is 0 Å². The second kappa shape index (κ2) is 11.5. The highest BCUT2D eigenvalue weighted by molar-refractivity contribution is 9.09. The number of alkyl halides is 1. The van der Waals surface area contributed by atoms with Crippen LogP contribution in [0.2, 0.25) is 0 Å². The van der Waals surface area contributed by atoms with E-state index in [1.165, 1.54) is 13.2 Å². The number of benzene rings is 1. The molecule has 1 aromatic carbocycles. The number of esters is 1. The Hall–Kier alpha value is -2.08. The molecule has 0 fully saturated rings. The van der Waals surface area contributed by atoms with Gasteiger partial charge in [-0.25, -0.2) is 4.79 Å². The van der Waals surface area contributed by atoms with Gasteiger partial charge in [-0.2, -0.15) is 0 Å². The van der Waals surface area contributed by atoms with Gasteiger partial charge in [-0.05, 0) is 37.5 Å². The zero-order chi connectivity index (χ0) is 19.5. The van der Waals surface area contributed by atoms with Gasteiger partial charge < -0.3 is 14.2 Å². The summed E-state index contributed by atoms with van der Waals surface area (Å²) in [6, 6.07) is 3.40. The standard InChI is InChI=1S/C20H25BrO5/c1-5-16(22)10-6-8-14(2)26-20(23)19-15(9-7-11-21)12-17(24-3)13-18(19)25-4/h5,7,9,12-14H,1,6,8,10-11H2,2-4H3/b9-7+/t14-/m0/s1. The van der Waals surface area contributed by atoms with Gasteiger partial charge in [0.2, 0.25) is 0 Å². The second-order valence-electron chi connectivity index (χ2n) is 5.63. The minimum absolute atomic E-state index is 0.0115. The average Bonchev–Trinajstić information content (AvgIpc) is 2.64. The van der Waals surface area contributed by atoms with Crippen LogP contribution in [0.4, 0.5) is 0 Å². The van der Waals surface area contributed by atoms with Crippen LogP contribution in [0.5, 0.6) is 11.5 Å². The van der Waals surface area contributed by atoms with Crippen LogP contribution in [-0.2, 0) is 9.53 Å². The molecule has 0 aliphatic heterocycles. The molecule has 0 bridgehead atoms. The van der Waals surface area contributed by atoms with Gasteiger partial charge in [0.05, 0.1) is 20.3 Å². The lowest BCUT2D eigenvalue weighted by molar-refractivity contribution is -0.114. The smallest absolute Gasteiger partial charge is 0.342 e. The van der Waals surface area contributed by atoms with Crippen LogP contribution in [0.3, 0.4) is 0 Å². The molecule has 0 aliphatic rings. The molecule has 0 aliphatic carbocycles. The van der Waals surface area contributed by atoms with E-state index < -0.39 is 5.97 Å². The molecule has 0 N–H and O–H groups in total. The molecule has 0 aromatic heterocycles. The van der Waals surface area contributed by atoms with E-state index in [2.05, 4.69) is 22.5 Å². The Morgan fingerprint density at radius 3 is 2.58 bits per heavy atom. The monoisotopic (exact) mass is 424 g/mol. The number of carbonyl (C=O) groups excluding carboxylic acids is 2. The van der Waals surface area contributed by atoms with Crippen molar-refractivity contribution in [3.05, 3.63) is 42.0 Å². The van der Waals surface area contributed by atoms with Crippen molar-refractivity contribution >= 4 is 33.8 Å². The number of carbonyl (C=O) groups is 2. The highest BCUT2D eigenvalue weighted by Gasteiger charge is 2.21. The van der Waals surface area contributed by atoms with Crippen LogP contribution in [0.25, 0.3) is 6.08 Å². The first kappa shape index (κ1) is 22.0. The third kappa shape index (κ3) is 6.67. The van der Waals surface area contributed by atoms with E-state index in [9.17, 15) is 9.59 Å². The fourth-order valence-electron chi connectivity index (χ4n) is 2.38. The van der Waals surface area contributed by atoms with E-state index >= 15 is 0 Å². The third-order valence-corrected chi connectivity index (χ3v) is 4.10. The number of methoxy groups -OCH3 is 2. The number of ketones is 1. The van der Waals surface area contributed by atoms with E-state index in [0.29, 0.717) is 47.2 Å². The molecule has 0 heterocycles. The number of hydrogen-bond donors (Lipinski definition) is 0. The van der Waals surface area contributed by atoms with E-state index in [4.69, 9.17) is 14.2 Å². The summed E-state index contributed by atoms with van der Waals surface area (Å²) in [5, 5.41) is 0.648. The topological polar surface area (TPSA) is 61.8 Å². The van der Waals surface area contributed by atoms with Crippen molar-refractivity contribution in [2.24, 2.45) is 0 Å². The predicted octanol–water partition coefficient (Wildman–Crippen LogP) is 4.58. The molecule has 1 rings (SSSR count). The van der Waals surface area contributed by atoms with Gasteiger partial charge in [-0.15, -0.1) is 0 Å². The lowest BCUT2D eigenvalue weighted by Crippen LogP contribution is -2.17. The molecule has 0 saturated carbocycles. The van der Waals surface area contributed by atoms with Crippen molar-refractivity contribution in [2.45, 2.75) is 32.3 Å². The average molecular weight is 425 g/mol. The molecule has 0 radical (unpaired) electrons. The molecule has 0 saturated heterocycles. The maximum absolute atomic E-state index is 12.7. The van der Waals surface area contributed by atoms with E-state index in [1.54, 1.807) is 26.2 Å². The number of rotatable bonds is 11. The third-order valence-electron chi connectivity index (χ3n) is 3.72. The molecule has 1 aromatic rings. The number of allylic oxidation sites excluding steroid dienone is 2. The van der Waals surface area contributed by atoms with Gasteiger partial charge in [0.25, 0.3) is 0 Å². The minimum Gasteiger partial charge on any atom is -0.497 e. The Labute approximate surface area is 163 Å². The lowest BCUT2D eigenvalue weighted by Gasteiger charge is -2.17. The summed E-state index contributed by atoms with van der Waals surface area (Å²) in [5.41, 5.74) is 0.999. The Bertz CT molecular complexity index is 666. The first-order chi connectivity index (χ1) is 12.5. The maximum atomic E-state index is 12.7.